The predicted octanol–water partition coefficient (Wildman–Crippen LogP) is 3.51. The van der Waals surface area contributed by atoms with Crippen LogP contribution in [-0.4, -0.2) is 29.1 Å². The number of carbonyl (C=O) groups is 1. The van der Waals surface area contributed by atoms with Crippen LogP contribution in [0.4, 0.5) is 0 Å². The number of hydrogen-bond acceptors (Lipinski definition) is 2. The summed E-state index contributed by atoms with van der Waals surface area (Å²) < 4.78 is 0. The van der Waals surface area contributed by atoms with Crippen LogP contribution in [0, 0.1) is 5.92 Å². The van der Waals surface area contributed by atoms with Crippen molar-refractivity contribution in [3.63, 3.8) is 0 Å². The zero-order chi connectivity index (χ0) is 14.1. The zero-order valence-electron chi connectivity index (χ0n) is 11.5. The lowest BCUT2D eigenvalue weighted by Crippen LogP contribution is -2.38. The molecule has 0 spiro atoms. The lowest BCUT2D eigenvalue weighted by atomic mass is 9.93. The van der Waals surface area contributed by atoms with E-state index in [-0.39, 0.29) is 0 Å². The Labute approximate surface area is 124 Å². The molecule has 3 rings (SSSR count). The van der Waals surface area contributed by atoms with Gasteiger partial charge >= 0.3 is 5.97 Å². The number of halogens is 1. The van der Waals surface area contributed by atoms with Gasteiger partial charge in [0.2, 0.25) is 0 Å². The molecule has 1 fully saturated rings. The van der Waals surface area contributed by atoms with Gasteiger partial charge in [0.15, 0.2) is 0 Å². The monoisotopic (exact) mass is 293 g/mol. The second-order valence-corrected chi connectivity index (χ2v) is 6.44. The molecule has 108 valence electrons. The van der Waals surface area contributed by atoms with Gasteiger partial charge in [-0.3, -0.25) is 9.69 Å². The summed E-state index contributed by atoms with van der Waals surface area (Å²) in [5.41, 5.74) is 2.76. The van der Waals surface area contributed by atoms with E-state index in [9.17, 15) is 4.79 Å². The number of aliphatic carboxylic acids is 1. The van der Waals surface area contributed by atoms with E-state index in [1.54, 1.807) is 0 Å². The predicted molar refractivity (Wildman–Crippen MR) is 79.1 cm³/mol. The zero-order valence-corrected chi connectivity index (χ0v) is 12.3. The van der Waals surface area contributed by atoms with Gasteiger partial charge in [0.1, 0.15) is 0 Å². The number of carboxylic acid groups (broad SMARTS) is 1. The number of likely N-dealkylation sites (tertiary alicyclic amines) is 1. The van der Waals surface area contributed by atoms with Crippen molar-refractivity contribution in [2.24, 2.45) is 5.92 Å². The molecule has 0 saturated carbocycles. The Balaban J connectivity index is 1.73. The van der Waals surface area contributed by atoms with Crippen molar-refractivity contribution in [2.75, 3.05) is 13.1 Å². The standard InChI is InChI=1S/C16H20ClNO2/c17-13-4-5-14-12(9-13)3-6-15(14)18-7-1-2-11(10-18)8-16(19)20/h4-5,9,11,15H,1-3,6-8,10H2,(H,19,20). The SMILES string of the molecule is O=C(O)CC1CCCN(C2CCc3cc(Cl)ccc32)C1. The summed E-state index contributed by atoms with van der Waals surface area (Å²) in [6.07, 6.45) is 4.67. The molecule has 1 aliphatic carbocycles. The quantitative estimate of drug-likeness (QED) is 0.927. The maximum absolute atomic E-state index is 10.9. The number of carboxylic acids is 1. The second kappa shape index (κ2) is 5.74. The van der Waals surface area contributed by atoms with E-state index in [1.807, 2.05) is 6.07 Å². The number of rotatable bonds is 3. The third-order valence-corrected chi connectivity index (χ3v) is 4.84. The van der Waals surface area contributed by atoms with Gasteiger partial charge in [-0.05, 0) is 61.4 Å². The van der Waals surface area contributed by atoms with Crippen LogP contribution < -0.4 is 0 Å². The summed E-state index contributed by atoms with van der Waals surface area (Å²) in [5.74, 6) is -0.368. The van der Waals surface area contributed by atoms with Gasteiger partial charge in [-0.2, -0.15) is 0 Å². The highest BCUT2D eigenvalue weighted by Gasteiger charge is 2.31. The Morgan fingerprint density at radius 2 is 2.25 bits per heavy atom. The van der Waals surface area contributed by atoms with Crippen LogP contribution in [0.25, 0.3) is 0 Å². The van der Waals surface area contributed by atoms with Crippen molar-refractivity contribution >= 4 is 17.6 Å². The van der Waals surface area contributed by atoms with E-state index in [0.29, 0.717) is 18.4 Å². The molecule has 1 aliphatic heterocycles. The highest BCUT2D eigenvalue weighted by Crippen LogP contribution is 2.39. The van der Waals surface area contributed by atoms with Gasteiger partial charge in [0.25, 0.3) is 0 Å². The normalized spacial score (nSPS) is 26.4. The summed E-state index contributed by atoms with van der Waals surface area (Å²) in [7, 11) is 0. The first-order valence-electron chi connectivity index (χ1n) is 7.37. The van der Waals surface area contributed by atoms with Gasteiger partial charge in [0, 0.05) is 24.0 Å². The number of nitrogens with zero attached hydrogens (tertiary/aromatic N) is 1. The molecule has 0 radical (unpaired) electrons. The van der Waals surface area contributed by atoms with Gasteiger partial charge in [-0.15, -0.1) is 0 Å². The summed E-state index contributed by atoms with van der Waals surface area (Å²) in [6, 6.07) is 6.65. The summed E-state index contributed by atoms with van der Waals surface area (Å²) >= 11 is 6.06. The van der Waals surface area contributed by atoms with Crippen molar-refractivity contribution in [1.82, 2.24) is 4.90 Å². The average molecular weight is 294 g/mol. The molecule has 20 heavy (non-hydrogen) atoms. The molecular weight excluding hydrogens is 274 g/mol. The van der Waals surface area contributed by atoms with Gasteiger partial charge in [-0.25, -0.2) is 0 Å². The topological polar surface area (TPSA) is 40.5 Å². The molecular formula is C16H20ClNO2. The molecule has 1 saturated heterocycles. The van der Waals surface area contributed by atoms with Gasteiger partial charge in [-0.1, -0.05) is 17.7 Å². The Bertz CT molecular complexity index is 517. The number of benzene rings is 1. The van der Waals surface area contributed by atoms with E-state index in [2.05, 4.69) is 17.0 Å². The molecule has 2 unspecified atom stereocenters. The fourth-order valence-corrected chi connectivity index (χ4v) is 3.93. The van der Waals surface area contributed by atoms with Crippen LogP contribution in [-0.2, 0) is 11.2 Å². The maximum Gasteiger partial charge on any atom is 0.303 e. The first-order valence-corrected chi connectivity index (χ1v) is 7.75. The van der Waals surface area contributed by atoms with E-state index in [4.69, 9.17) is 16.7 Å². The Kier molecular flexibility index (Phi) is 3.99. The van der Waals surface area contributed by atoms with Crippen molar-refractivity contribution in [3.05, 3.63) is 34.3 Å². The van der Waals surface area contributed by atoms with Crippen molar-refractivity contribution in [3.8, 4) is 0 Å². The highest BCUT2D eigenvalue weighted by atomic mass is 35.5. The Morgan fingerprint density at radius 3 is 3.05 bits per heavy atom. The third-order valence-electron chi connectivity index (χ3n) is 4.61. The lowest BCUT2D eigenvalue weighted by molar-refractivity contribution is -0.138. The molecule has 4 heteroatoms. The summed E-state index contributed by atoms with van der Waals surface area (Å²) in [5, 5.41) is 9.78. The first-order chi connectivity index (χ1) is 9.63. The number of hydrogen-bond donors (Lipinski definition) is 1. The highest BCUT2D eigenvalue weighted by molar-refractivity contribution is 6.30. The minimum Gasteiger partial charge on any atom is -0.481 e. The van der Waals surface area contributed by atoms with Gasteiger partial charge < -0.3 is 5.11 Å². The lowest BCUT2D eigenvalue weighted by Gasteiger charge is -2.36. The van der Waals surface area contributed by atoms with Crippen LogP contribution >= 0.6 is 11.6 Å². The molecule has 1 N–H and O–H groups in total. The molecule has 1 aromatic rings. The van der Waals surface area contributed by atoms with Crippen LogP contribution in [0.3, 0.4) is 0 Å². The minimum absolute atomic E-state index is 0.302. The molecule has 2 aliphatic rings. The first kappa shape index (κ1) is 13.9. The summed E-state index contributed by atoms with van der Waals surface area (Å²) in [6.45, 7) is 2.00. The summed E-state index contributed by atoms with van der Waals surface area (Å²) in [4.78, 5) is 13.4. The van der Waals surface area contributed by atoms with Crippen molar-refractivity contribution < 1.29 is 9.90 Å². The molecule has 3 nitrogen and oxygen atoms in total. The Morgan fingerprint density at radius 1 is 1.40 bits per heavy atom. The van der Waals surface area contributed by atoms with Crippen molar-refractivity contribution in [1.29, 1.82) is 0 Å². The molecule has 1 heterocycles. The fourth-order valence-electron chi connectivity index (χ4n) is 3.74. The van der Waals surface area contributed by atoms with E-state index < -0.39 is 5.97 Å². The van der Waals surface area contributed by atoms with Crippen LogP contribution in [0.1, 0.15) is 42.9 Å². The van der Waals surface area contributed by atoms with Gasteiger partial charge in [0.05, 0.1) is 0 Å². The largest absolute Gasteiger partial charge is 0.481 e. The number of fused-ring (bicyclic) bond motifs is 1. The molecule has 1 aromatic carbocycles. The molecule has 2 atom stereocenters. The number of piperidine rings is 1. The van der Waals surface area contributed by atoms with E-state index >= 15 is 0 Å². The third kappa shape index (κ3) is 2.84. The Hall–Kier alpha value is -1.06. The fraction of sp³-hybridized carbons (Fsp3) is 0.562. The van der Waals surface area contributed by atoms with Crippen LogP contribution in [0.15, 0.2) is 18.2 Å². The smallest absolute Gasteiger partial charge is 0.303 e. The van der Waals surface area contributed by atoms with E-state index in [1.165, 1.54) is 11.1 Å². The minimum atomic E-state index is -0.671. The van der Waals surface area contributed by atoms with E-state index in [0.717, 1.165) is 43.8 Å². The van der Waals surface area contributed by atoms with Crippen LogP contribution in [0.2, 0.25) is 5.02 Å². The van der Waals surface area contributed by atoms with Crippen LogP contribution in [0.5, 0.6) is 0 Å². The molecule has 0 amide bonds. The maximum atomic E-state index is 10.9. The molecule has 0 bridgehead atoms. The molecule has 0 aromatic heterocycles. The average Bonchev–Trinajstić information content (AvgIpc) is 2.81. The van der Waals surface area contributed by atoms with Crippen molar-refractivity contribution in [2.45, 2.75) is 38.1 Å². The number of aryl methyl sites for hydroxylation is 1. The second-order valence-electron chi connectivity index (χ2n) is 6.00.